The largest absolute Gasteiger partial charge is 0.508 e. The van der Waals surface area contributed by atoms with Crippen molar-refractivity contribution in [2.24, 2.45) is 0 Å². The SMILES string of the molecule is Oc1ccc(CNc2nccs2)cc1. The van der Waals surface area contributed by atoms with Crippen LogP contribution in [0, 0.1) is 0 Å². The van der Waals surface area contributed by atoms with Crippen LogP contribution in [0.2, 0.25) is 0 Å². The van der Waals surface area contributed by atoms with Gasteiger partial charge in [0.2, 0.25) is 0 Å². The predicted octanol–water partition coefficient (Wildman–Crippen LogP) is 2.46. The van der Waals surface area contributed by atoms with Crippen molar-refractivity contribution in [2.75, 3.05) is 5.32 Å². The molecule has 1 aromatic heterocycles. The van der Waals surface area contributed by atoms with Crippen molar-refractivity contribution in [1.29, 1.82) is 0 Å². The van der Waals surface area contributed by atoms with E-state index in [0.717, 1.165) is 17.2 Å². The highest BCUT2D eigenvalue weighted by Crippen LogP contribution is 2.14. The summed E-state index contributed by atoms with van der Waals surface area (Å²) in [5.41, 5.74) is 1.12. The maximum Gasteiger partial charge on any atom is 0.182 e. The molecule has 0 saturated carbocycles. The van der Waals surface area contributed by atoms with Crippen LogP contribution in [0.5, 0.6) is 5.75 Å². The van der Waals surface area contributed by atoms with E-state index < -0.39 is 0 Å². The van der Waals surface area contributed by atoms with Crippen molar-refractivity contribution in [3.63, 3.8) is 0 Å². The van der Waals surface area contributed by atoms with Crippen LogP contribution >= 0.6 is 11.3 Å². The van der Waals surface area contributed by atoms with Gasteiger partial charge in [-0.05, 0) is 17.7 Å². The maximum absolute atomic E-state index is 9.08. The molecule has 0 fully saturated rings. The Morgan fingerprint density at radius 3 is 2.71 bits per heavy atom. The van der Waals surface area contributed by atoms with Crippen molar-refractivity contribution < 1.29 is 5.11 Å². The van der Waals surface area contributed by atoms with Gasteiger partial charge in [0.05, 0.1) is 0 Å². The van der Waals surface area contributed by atoms with Crippen LogP contribution in [0.4, 0.5) is 5.13 Å². The van der Waals surface area contributed by atoms with Crippen LogP contribution in [-0.4, -0.2) is 10.1 Å². The smallest absolute Gasteiger partial charge is 0.182 e. The first-order valence-electron chi connectivity index (χ1n) is 4.26. The molecule has 72 valence electrons. The number of nitrogens with zero attached hydrogens (tertiary/aromatic N) is 1. The van der Waals surface area contributed by atoms with Gasteiger partial charge in [-0.1, -0.05) is 12.1 Å². The number of thiazole rings is 1. The first-order valence-corrected chi connectivity index (χ1v) is 5.14. The normalized spacial score (nSPS) is 10.0. The number of hydrogen-bond donors (Lipinski definition) is 2. The Hall–Kier alpha value is -1.55. The molecule has 3 nitrogen and oxygen atoms in total. The average Bonchev–Trinajstić information content (AvgIpc) is 2.70. The number of aromatic hydroxyl groups is 1. The van der Waals surface area contributed by atoms with Gasteiger partial charge in [0.25, 0.3) is 0 Å². The molecular weight excluding hydrogens is 196 g/mol. The Labute approximate surface area is 86.1 Å². The van der Waals surface area contributed by atoms with E-state index in [1.165, 1.54) is 0 Å². The number of nitrogens with one attached hydrogen (secondary N) is 1. The zero-order valence-corrected chi connectivity index (χ0v) is 8.29. The zero-order chi connectivity index (χ0) is 9.80. The summed E-state index contributed by atoms with van der Waals surface area (Å²) in [6.45, 7) is 0.730. The van der Waals surface area contributed by atoms with Gasteiger partial charge >= 0.3 is 0 Å². The molecule has 0 aliphatic carbocycles. The van der Waals surface area contributed by atoms with E-state index in [-0.39, 0.29) is 0 Å². The molecule has 0 spiro atoms. The van der Waals surface area contributed by atoms with Crippen LogP contribution < -0.4 is 5.32 Å². The van der Waals surface area contributed by atoms with Crippen LogP contribution in [0.3, 0.4) is 0 Å². The summed E-state index contributed by atoms with van der Waals surface area (Å²) in [6.07, 6.45) is 1.77. The lowest BCUT2D eigenvalue weighted by molar-refractivity contribution is 0.475. The number of anilines is 1. The Balaban J connectivity index is 1.95. The second kappa shape index (κ2) is 4.11. The van der Waals surface area contributed by atoms with Crippen molar-refractivity contribution in [2.45, 2.75) is 6.54 Å². The Kier molecular flexibility index (Phi) is 2.65. The van der Waals surface area contributed by atoms with Crippen molar-refractivity contribution in [3.05, 3.63) is 41.4 Å². The molecule has 0 atom stereocenters. The van der Waals surface area contributed by atoms with E-state index in [1.807, 2.05) is 17.5 Å². The molecule has 1 aromatic carbocycles. The summed E-state index contributed by atoms with van der Waals surface area (Å²) in [4.78, 5) is 4.11. The number of phenolic OH excluding ortho intramolecular Hbond substituents is 1. The lowest BCUT2D eigenvalue weighted by Crippen LogP contribution is -1.97. The fraction of sp³-hybridized carbons (Fsp3) is 0.100. The zero-order valence-electron chi connectivity index (χ0n) is 7.47. The fourth-order valence-electron chi connectivity index (χ4n) is 1.10. The molecule has 0 radical (unpaired) electrons. The molecule has 2 rings (SSSR count). The maximum atomic E-state index is 9.08. The van der Waals surface area contributed by atoms with Gasteiger partial charge in [0.1, 0.15) is 5.75 Å². The highest BCUT2D eigenvalue weighted by atomic mass is 32.1. The standard InChI is InChI=1S/C10H10N2OS/c13-9-3-1-8(2-4-9)7-12-10-11-5-6-14-10/h1-6,13H,7H2,(H,11,12). The van der Waals surface area contributed by atoms with Crippen molar-refractivity contribution in [1.82, 2.24) is 4.98 Å². The molecule has 2 N–H and O–H groups in total. The van der Waals surface area contributed by atoms with E-state index in [4.69, 9.17) is 5.11 Å². The van der Waals surface area contributed by atoms with Gasteiger partial charge in [-0.15, -0.1) is 11.3 Å². The summed E-state index contributed by atoms with van der Waals surface area (Å²) in [5.74, 6) is 0.294. The van der Waals surface area contributed by atoms with Gasteiger partial charge in [-0.2, -0.15) is 0 Å². The molecule has 0 amide bonds. The van der Waals surface area contributed by atoms with Gasteiger partial charge in [-0.3, -0.25) is 0 Å². The molecule has 4 heteroatoms. The van der Waals surface area contributed by atoms with Crippen LogP contribution in [0.15, 0.2) is 35.8 Å². The summed E-state index contributed by atoms with van der Waals surface area (Å²) in [7, 11) is 0. The van der Waals surface area contributed by atoms with Crippen molar-refractivity contribution >= 4 is 16.5 Å². The topological polar surface area (TPSA) is 45.1 Å². The average molecular weight is 206 g/mol. The van der Waals surface area contributed by atoms with E-state index in [0.29, 0.717) is 5.75 Å². The van der Waals surface area contributed by atoms with Crippen molar-refractivity contribution in [3.8, 4) is 5.75 Å². The number of hydrogen-bond acceptors (Lipinski definition) is 4. The molecule has 0 unspecified atom stereocenters. The molecule has 0 aliphatic rings. The van der Waals surface area contributed by atoms with Gasteiger partial charge < -0.3 is 10.4 Å². The highest BCUT2D eigenvalue weighted by Gasteiger charge is 1.95. The fourth-order valence-corrected chi connectivity index (χ4v) is 1.63. The summed E-state index contributed by atoms with van der Waals surface area (Å²) < 4.78 is 0. The third-order valence-corrected chi connectivity index (χ3v) is 2.54. The molecule has 1 heterocycles. The third-order valence-electron chi connectivity index (χ3n) is 1.81. The first kappa shape index (κ1) is 9.02. The molecule has 0 saturated heterocycles. The number of aromatic nitrogens is 1. The van der Waals surface area contributed by atoms with Gasteiger partial charge in [-0.25, -0.2) is 4.98 Å². The summed E-state index contributed by atoms with van der Waals surface area (Å²) in [5, 5.41) is 15.1. The van der Waals surface area contributed by atoms with E-state index in [1.54, 1.807) is 29.7 Å². The molecule has 14 heavy (non-hydrogen) atoms. The first-order chi connectivity index (χ1) is 6.84. The Morgan fingerprint density at radius 2 is 2.07 bits per heavy atom. The third kappa shape index (κ3) is 2.23. The molecular formula is C10H10N2OS. The number of rotatable bonds is 3. The van der Waals surface area contributed by atoms with Crippen LogP contribution in [0.1, 0.15) is 5.56 Å². The Morgan fingerprint density at radius 1 is 1.29 bits per heavy atom. The summed E-state index contributed by atoms with van der Waals surface area (Å²) >= 11 is 1.57. The molecule has 2 aromatic rings. The second-order valence-electron chi connectivity index (χ2n) is 2.86. The van der Waals surface area contributed by atoms with E-state index in [2.05, 4.69) is 10.3 Å². The van der Waals surface area contributed by atoms with E-state index in [9.17, 15) is 0 Å². The van der Waals surface area contributed by atoms with Gasteiger partial charge in [0.15, 0.2) is 5.13 Å². The predicted molar refractivity (Wildman–Crippen MR) is 57.5 cm³/mol. The molecule has 0 bridgehead atoms. The molecule has 0 aliphatic heterocycles. The Bertz CT molecular complexity index is 383. The lowest BCUT2D eigenvalue weighted by atomic mass is 10.2. The van der Waals surface area contributed by atoms with E-state index >= 15 is 0 Å². The quantitative estimate of drug-likeness (QED) is 0.810. The van der Waals surface area contributed by atoms with Crippen LogP contribution in [-0.2, 0) is 6.54 Å². The van der Waals surface area contributed by atoms with Gasteiger partial charge in [0, 0.05) is 18.1 Å². The summed E-state index contributed by atoms with van der Waals surface area (Å²) in [6, 6.07) is 7.13. The lowest BCUT2D eigenvalue weighted by Gasteiger charge is -2.02. The number of benzene rings is 1. The second-order valence-corrected chi connectivity index (χ2v) is 3.75. The highest BCUT2D eigenvalue weighted by molar-refractivity contribution is 7.13. The number of phenols is 1. The monoisotopic (exact) mass is 206 g/mol. The minimum Gasteiger partial charge on any atom is -0.508 e. The van der Waals surface area contributed by atoms with Crippen LogP contribution in [0.25, 0.3) is 0 Å². The minimum atomic E-state index is 0.294. The minimum absolute atomic E-state index is 0.294.